The van der Waals surface area contributed by atoms with E-state index < -0.39 is 0 Å². The predicted molar refractivity (Wildman–Crippen MR) is 101 cm³/mol. The minimum Gasteiger partial charge on any atom is -0.356 e. The second-order valence-electron chi connectivity index (χ2n) is 6.82. The standard InChI is InChI=1S/C18H22N8/c1-2-7-23(6-1)17-13-18(20-14-19-17)25-11-9-24(10-12-25)15-4-8-26-16(22-15)3-5-21-26/h3-5,8,13-14H,1-2,6-7,9-12H2. The molecule has 0 spiro atoms. The minimum atomic E-state index is 0.885. The summed E-state index contributed by atoms with van der Waals surface area (Å²) in [5.41, 5.74) is 0.885. The molecule has 5 rings (SSSR count). The molecule has 0 amide bonds. The lowest BCUT2D eigenvalue weighted by Crippen LogP contribution is -2.47. The Morgan fingerprint density at radius 2 is 1.38 bits per heavy atom. The van der Waals surface area contributed by atoms with Crippen LogP contribution in [0.1, 0.15) is 12.8 Å². The lowest BCUT2D eigenvalue weighted by molar-refractivity contribution is 0.640. The summed E-state index contributed by atoms with van der Waals surface area (Å²) in [5, 5.41) is 4.21. The van der Waals surface area contributed by atoms with E-state index in [4.69, 9.17) is 4.98 Å². The van der Waals surface area contributed by atoms with Gasteiger partial charge in [-0.3, -0.25) is 0 Å². The van der Waals surface area contributed by atoms with Crippen molar-refractivity contribution >= 4 is 23.1 Å². The van der Waals surface area contributed by atoms with Crippen LogP contribution in [0.5, 0.6) is 0 Å². The average Bonchev–Trinajstić information content (AvgIpc) is 3.39. The quantitative estimate of drug-likeness (QED) is 0.708. The first-order valence-corrected chi connectivity index (χ1v) is 9.24. The molecule has 0 unspecified atom stereocenters. The first kappa shape index (κ1) is 15.4. The Morgan fingerprint density at radius 3 is 2.12 bits per heavy atom. The number of hydrogen-bond donors (Lipinski definition) is 0. The summed E-state index contributed by atoms with van der Waals surface area (Å²) < 4.78 is 1.79. The van der Waals surface area contributed by atoms with E-state index in [2.05, 4.69) is 35.8 Å². The monoisotopic (exact) mass is 350 g/mol. The number of rotatable bonds is 3. The van der Waals surface area contributed by atoms with Gasteiger partial charge < -0.3 is 14.7 Å². The third-order valence-corrected chi connectivity index (χ3v) is 5.24. The molecule has 2 saturated heterocycles. The van der Waals surface area contributed by atoms with Crippen LogP contribution >= 0.6 is 0 Å². The molecule has 5 heterocycles. The van der Waals surface area contributed by atoms with Crippen LogP contribution in [0.15, 0.2) is 36.9 Å². The van der Waals surface area contributed by atoms with Gasteiger partial charge >= 0.3 is 0 Å². The third-order valence-electron chi connectivity index (χ3n) is 5.24. The molecule has 2 fully saturated rings. The topological polar surface area (TPSA) is 65.7 Å². The van der Waals surface area contributed by atoms with E-state index >= 15 is 0 Å². The Bertz CT molecular complexity index is 893. The van der Waals surface area contributed by atoms with Gasteiger partial charge in [0.05, 0.1) is 6.20 Å². The Balaban J connectivity index is 1.28. The smallest absolute Gasteiger partial charge is 0.157 e. The van der Waals surface area contributed by atoms with Gasteiger partial charge in [-0.05, 0) is 18.9 Å². The summed E-state index contributed by atoms with van der Waals surface area (Å²) in [6, 6.07) is 6.10. The van der Waals surface area contributed by atoms with Gasteiger partial charge in [0.15, 0.2) is 5.65 Å². The molecule has 0 saturated carbocycles. The van der Waals surface area contributed by atoms with Crippen LogP contribution in [0.25, 0.3) is 5.65 Å². The van der Waals surface area contributed by atoms with Gasteiger partial charge in [0.25, 0.3) is 0 Å². The highest BCUT2D eigenvalue weighted by molar-refractivity contribution is 5.53. The van der Waals surface area contributed by atoms with Gasteiger partial charge in [-0.2, -0.15) is 5.10 Å². The fourth-order valence-corrected chi connectivity index (χ4v) is 3.77. The lowest BCUT2D eigenvalue weighted by atomic mass is 10.3. The first-order valence-electron chi connectivity index (χ1n) is 9.24. The van der Waals surface area contributed by atoms with Crippen molar-refractivity contribution in [2.75, 3.05) is 54.0 Å². The highest BCUT2D eigenvalue weighted by Crippen LogP contribution is 2.23. The molecule has 26 heavy (non-hydrogen) atoms. The molecule has 8 heteroatoms. The Hall–Kier alpha value is -2.90. The van der Waals surface area contributed by atoms with Crippen LogP contribution in [-0.2, 0) is 0 Å². The molecule has 3 aromatic heterocycles. The van der Waals surface area contributed by atoms with Crippen molar-refractivity contribution in [3.05, 3.63) is 36.9 Å². The summed E-state index contributed by atoms with van der Waals surface area (Å²) in [4.78, 5) is 20.7. The van der Waals surface area contributed by atoms with Gasteiger partial charge in [0.2, 0.25) is 0 Å². The Labute approximate surface area is 152 Å². The van der Waals surface area contributed by atoms with E-state index in [0.717, 1.165) is 62.4 Å². The molecule has 0 bridgehead atoms. The molecule has 8 nitrogen and oxygen atoms in total. The maximum atomic E-state index is 4.70. The fraction of sp³-hybridized carbons (Fsp3) is 0.444. The summed E-state index contributed by atoms with van der Waals surface area (Å²) in [7, 11) is 0. The third kappa shape index (κ3) is 2.81. The Kier molecular flexibility index (Phi) is 3.80. The van der Waals surface area contributed by atoms with Crippen LogP contribution in [0, 0.1) is 0 Å². The molecule has 0 aliphatic carbocycles. The molecule has 134 valence electrons. The van der Waals surface area contributed by atoms with Crippen LogP contribution in [-0.4, -0.2) is 63.8 Å². The zero-order valence-electron chi connectivity index (χ0n) is 14.7. The van der Waals surface area contributed by atoms with Crippen LogP contribution in [0.4, 0.5) is 17.5 Å². The molecule has 0 N–H and O–H groups in total. The molecule has 2 aliphatic rings. The zero-order chi connectivity index (χ0) is 17.3. The highest BCUT2D eigenvalue weighted by atomic mass is 15.3. The van der Waals surface area contributed by atoms with Crippen LogP contribution in [0.3, 0.4) is 0 Å². The number of hydrogen-bond acceptors (Lipinski definition) is 7. The van der Waals surface area contributed by atoms with Gasteiger partial charge in [-0.25, -0.2) is 19.5 Å². The Morgan fingerprint density at radius 1 is 0.731 bits per heavy atom. The summed E-state index contributed by atoms with van der Waals surface area (Å²) in [6.07, 6.45) is 7.96. The van der Waals surface area contributed by atoms with Crippen molar-refractivity contribution in [1.82, 2.24) is 24.6 Å². The maximum absolute atomic E-state index is 4.70. The van der Waals surface area contributed by atoms with Crippen molar-refractivity contribution in [2.24, 2.45) is 0 Å². The predicted octanol–water partition coefficient (Wildman–Crippen LogP) is 1.45. The highest BCUT2D eigenvalue weighted by Gasteiger charge is 2.21. The second kappa shape index (κ2) is 6.44. The van der Waals surface area contributed by atoms with Crippen molar-refractivity contribution in [1.29, 1.82) is 0 Å². The number of aromatic nitrogens is 5. The van der Waals surface area contributed by atoms with Crippen molar-refractivity contribution in [3.8, 4) is 0 Å². The van der Waals surface area contributed by atoms with E-state index in [-0.39, 0.29) is 0 Å². The van der Waals surface area contributed by atoms with E-state index in [1.54, 1.807) is 17.0 Å². The van der Waals surface area contributed by atoms with Gasteiger partial charge in [0, 0.05) is 57.6 Å². The molecule has 0 radical (unpaired) electrons. The normalized spacial score (nSPS) is 18.1. The van der Waals surface area contributed by atoms with Gasteiger partial charge in [-0.15, -0.1) is 0 Å². The molecular formula is C18H22N8. The largest absolute Gasteiger partial charge is 0.356 e. The van der Waals surface area contributed by atoms with Gasteiger partial charge in [-0.1, -0.05) is 0 Å². The summed E-state index contributed by atoms with van der Waals surface area (Å²) in [6.45, 7) is 5.94. The van der Waals surface area contributed by atoms with Crippen molar-refractivity contribution in [3.63, 3.8) is 0 Å². The first-order chi connectivity index (χ1) is 12.9. The fourth-order valence-electron chi connectivity index (χ4n) is 3.77. The summed E-state index contributed by atoms with van der Waals surface area (Å²) in [5.74, 6) is 3.10. The molecular weight excluding hydrogens is 328 g/mol. The average molecular weight is 350 g/mol. The number of piperazine rings is 1. The van der Waals surface area contributed by atoms with Crippen LogP contribution in [0.2, 0.25) is 0 Å². The van der Waals surface area contributed by atoms with E-state index in [0.29, 0.717) is 0 Å². The number of anilines is 3. The van der Waals surface area contributed by atoms with Crippen molar-refractivity contribution in [2.45, 2.75) is 12.8 Å². The van der Waals surface area contributed by atoms with Crippen molar-refractivity contribution < 1.29 is 0 Å². The lowest BCUT2D eigenvalue weighted by Gasteiger charge is -2.36. The molecule has 0 atom stereocenters. The van der Waals surface area contributed by atoms with E-state index in [1.165, 1.54) is 12.8 Å². The summed E-state index contributed by atoms with van der Waals surface area (Å²) >= 11 is 0. The zero-order valence-corrected chi connectivity index (χ0v) is 14.7. The number of fused-ring (bicyclic) bond motifs is 1. The molecule has 3 aromatic rings. The van der Waals surface area contributed by atoms with E-state index in [9.17, 15) is 0 Å². The second-order valence-corrected chi connectivity index (χ2v) is 6.82. The SMILES string of the molecule is c1nc(N2CCCC2)cc(N2CCN(c3ccn4nccc4n3)CC2)n1. The number of nitrogens with zero attached hydrogens (tertiary/aromatic N) is 8. The minimum absolute atomic E-state index is 0.885. The van der Waals surface area contributed by atoms with Gasteiger partial charge in [0.1, 0.15) is 23.8 Å². The van der Waals surface area contributed by atoms with Crippen LogP contribution < -0.4 is 14.7 Å². The molecule has 2 aliphatic heterocycles. The van der Waals surface area contributed by atoms with E-state index in [1.807, 2.05) is 18.3 Å². The molecule has 0 aromatic carbocycles. The maximum Gasteiger partial charge on any atom is 0.157 e.